The second kappa shape index (κ2) is 10.2. The van der Waals surface area contributed by atoms with Crippen molar-refractivity contribution in [1.82, 2.24) is 0 Å². The Bertz CT molecular complexity index is 796. The van der Waals surface area contributed by atoms with E-state index in [1.807, 2.05) is 0 Å². The molecule has 0 saturated heterocycles. The number of rotatable bonds is 6. The standard InChI is InChI=1S/C24H34FNO2Si/c1-17(2)29(18(3)4,19(5)6)14-13-20-15-22(25)12-11-21(20)16-28-26-23-9-7-8-10-24(23)27/h11-12,15,17-19H,7-10,16H2,1-6H3/b26-23+. The quantitative estimate of drug-likeness (QED) is 0.306. The smallest absolute Gasteiger partial charge is 0.180 e. The molecule has 0 atom stereocenters. The molecule has 0 radical (unpaired) electrons. The zero-order valence-corrected chi connectivity index (χ0v) is 19.6. The lowest BCUT2D eigenvalue weighted by Gasteiger charge is -2.38. The summed E-state index contributed by atoms with van der Waals surface area (Å²) < 4.78 is 13.9. The van der Waals surface area contributed by atoms with Crippen LogP contribution in [0.15, 0.2) is 23.4 Å². The highest BCUT2D eigenvalue weighted by molar-refractivity contribution is 6.90. The first kappa shape index (κ1) is 23.3. The minimum absolute atomic E-state index is 0.0666. The lowest BCUT2D eigenvalue weighted by atomic mass is 9.97. The monoisotopic (exact) mass is 415 g/mol. The van der Waals surface area contributed by atoms with Crippen molar-refractivity contribution in [2.24, 2.45) is 5.16 Å². The first-order chi connectivity index (χ1) is 13.7. The molecule has 158 valence electrons. The highest BCUT2D eigenvalue weighted by Gasteiger charge is 2.41. The fraction of sp³-hybridized carbons (Fsp3) is 0.583. The number of carbonyl (C=O) groups excluding carboxylic acids is 1. The van der Waals surface area contributed by atoms with Crippen LogP contribution in [0.2, 0.25) is 16.6 Å². The minimum Gasteiger partial charge on any atom is -0.391 e. The summed E-state index contributed by atoms with van der Waals surface area (Å²) in [6, 6.07) is 4.59. The first-order valence-electron chi connectivity index (χ1n) is 10.7. The lowest BCUT2D eigenvalue weighted by molar-refractivity contribution is -0.113. The third-order valence-electron chi connectivity index (χ3n) is 6.14. The fourth-order valence-corrected chi connectivity index (χ4v) is 9.75. The molecule has 0 bridgehead atoms. The summed E-state index contributed by atoms with van der Waals surface area (Å²) in [6.07, 6.45) is 3.10. The molecule has 29 heavy (non-hydrogen) atoms. The Morgan fingerprint density at radius 3 is 2.28 bits per heavy atom. The minimum atomic E-state index is -1.91. The highest BCUT2D eigenvalue weighted by Crippen LogP contribution is 2.40. The van der Waals surface area contributed by atoms with Gasteiger partial charge < -0.3 is 4.84 Å². The second-order valence-corrected chi connectivity index (χ2v) is 14.5. The Morgan fingerprint density at radius 2 is 1.69 bits per heavy atom. The molecule has 0 aromatic heterocycles. The van der Waals surface area contributed by atoms with Gasteiger partial charge in [-0.3, -0.25) is 4.79 Å². The third-order valence-corrected chi connectivity index (χ3v) is 12.4. The molecule has 1 aromatic rings. The predicted octanol–water partition coefficient (Wildman–Crippen LogP) is 6.41. The van der Waals surface area contributed by atoms with Gasteiger partial charge in [0.2, 0.25) is 0 Å². The summed E-state index contributed by atoms with van der Waals surface area (Å²) in [5.74, 6) is 3.07. The van der Waals surface area contributed by atoms with Crippen LogP contribution < -0.4 is 0 Å². The van der Waals surface area contributed by atoms with Gasteiger partial charge in [0.1, 0.15) is 26.2 Å². The van der Waals surface area contributed by atoms with Crippen LogP contribution in [-0.4, -0.2) is 19.6 Å². The molecule has 0 N–H and O–H groups in total. The summed E-state index contributed by atoms with van der Waals surface area (Å²) >= 11 is 0. The van der Waals surface area contributed by atoms with Crippen LogP contribution in [0, 0.1) is 17.3 Å². The van der Waals surface area contributed by atoms with E-state index < -0.39 is 8.07 Å². The molecule has 0 amide bonds. The van der Waals surface area contributed by atoms with Crippen molar-refractivity contribution in [1.29, 1.82) is 0 Å². The van der Waals surface area contributed by atoms with Gasteiger partial charge in [-0.05, 0) is 48.0 Å². The number of carbonyl (C=O) groups is 1. The zero-order valence-electron chi connectivity index (χ0n) is 18.6. The van der Waals surface area contributed by atoms with Crippen LogP contribution in [0.4, 0.5) is 4.39 Å². The number of halogens is 1. The van der Waals surface area contributed by atoms with Crippen LogP contribution in [-0.2, 0) is 16.2 Å². The van der Waals surface area contributed by atoms with Crippen molar-refractivity contribution in [2.45, 2.75) is 90.5 Å². The van der Waals surface area contributed by atoms with E-state index in [2.05, 4.69) is 58.2 Å². The highest BCUT2D eigenvalue weighted by atomic mass is 28.3. The lowest BCUT2D eigenvalue weighted by Crippen LogP contribution is -2.43. The van der Waals surface area contributed by atoms with Crippen molar-refractivity contribution in [3.63, 3.8) is 0 Å². The Morgan fingerprint density at radius 1 is 1.07 bits per heavy atom. The average molecular weight is 416 g/mol. The van der Waals surface area contributed by atoms with Gasteiger partial charge >= 0.3 is 0 Å². The molecule has 1 saturated carbocycles. The molecule has 1 aliphatic carbocycles. The van der Waals surface area contributed by atoms with Crippen LogP contribution in [0.3, 0.4) is 0 Å². The van der Waals surface area contributed by atoms with Crippen molar-refractivity contribution in [3.05, 3.63) is 35.1 Å². The van der Waals surface area contributed by atoms with E-state index in [9.17, 15) is 9.18 Å². The van der Waals surface area contributed by atoms with E-state index in [1.54, 1.807) is 6.07 Å². The normalized spacial score (nSPS) is 16.5. The fourth-order valence-electron chi connectivity index (χ4n) is 4.54. The number of hydrogen-bond acceptors (Lipinski definition) is 3. The van der Waals surface area contributed by atoms with Gasteiger partial charge in [0, 0.05) is 17.5 Å². The molecule has 1 aromatic carbocycles. The Labute approximate surface area is 176 Å². The van der Waals surface area contributed by atoms with Gasteiger partial charge in [-0.15, -0.1) is 5.54 Å². The van der Waals surface area contributed by atoms with E-state index in [1.165, 1.54) is 12.1 Å². The Balaban J connectivity index is 2.30. The number of oxime groups is 1. The third kappa shape index (κ3) is 5.57. The van der Waals surface area contributed by atoms with Gasteiger partial charge in [0.25, 0.3) is 0 Å². The SMILES string of the molecule is CC(C)[Si](C#Cc1cc(F)ccc1CO/N=C1\CCCCC1=O)(C(C)C)C(C)C. The molecule has 3 nitrogen and oxygen atoms in total. The Hall–Kier alpha value is -1.93. The predicted molar refractivity (Wildman–Crippen MR) is 120 cm³/mol. The summed E-state index contributed by atoms with van der Waals surface area (Å²) in [5, 5.41) is 4.05. The van der Waals surface area contributed by atoms with Crippen LogP contribution in [0.5, 0.6) is 0 Å². The van der Waals surface area contributed by atoms with Gasteiger partial charge in [-0.2, -0.15) is 0 Å². The second-order valence-electron chi connectivity index (χ2n) is 8.89. The number of hydrogen-bond donors (Lipinski definition) is 0. The molecule has 1 fully saturated rings. The summed E-state index contributed by atoms with van der Waals surface area (Å²) in [7, 11) is -1.91. The van der Waals surface area contributed by atoms with Crippen molar-refractivity contribution < 1.29 is 14.0 Å². The van der Waals surface area contributed by atoms with Gasteiger partial charge in [0.15, 0.2) is 5.78 Å². The number of ketones is 1. The topological polar surface area (TPSA) is 38.7 Å². The van der Waals surface area contributed by atoms with Gasteiger partial charge in [0.05, 0.1) is 0 Å². The van der Waals surface area contributed by atoms with E-state index in [0.717, 1.165) is 18.4 Å². The first-order valence-corrected chi connectivity index (χ1v) is 12.9. The van der Waals surface area contributed by atoms with Crippen LogP contribution >= 0.6 is 0 Å². The van der Waals surface area contributed by atoms with E-state index in [4.69, 9.17) is 4.84 Å². The maximum Gasteiger partial charge on any atom is 0.180 e. The number of nitrogens with zero attached hydrogens (tertiary/aromatic N) is 1. The van der Waals surface area contributed by atoms with Gasteiger partial charge in [-0.25, -0.2) is 4.39 Å². The van der Waals surface area contributed by atoms with E-state index in [-0.39, 0.29) is 18.2 Å². The molecular formula is C24H34FNO2Si. The van der Waals surface area contributed by atoms with Crippen molar-refractivity contribution in [2.75, 3.05) is 0 Å². The maximum absolute atomic E-state index is 13.9. The Kier molecular flexibility index (Phi) is 8.21. The molecule has 0 aliphatic heterocycles. The molecule has 0 heterocycles. The largest absolute Gasteiger partial charge is 0.391 e. The van der Waals surface area contributed by atoms with Crippen molar-refractivity contribution in [3.8, 4) is 11.5 Å². The molecule has 5 heteroatoms. The molecule has 0 unspecified atom stereocenters. The summed E-state index contributed by atoms with van der Waals surface area (Å²) in [4.78, 5) is 17.3. The summed E-state index contributed by atoms with van der Waals surface area (Å²) in [5.41, 5.74) is 7.12. The molecule has 0 spiro atoms. The summed E-state index contributed by atoms with van der Waals surface area (Å²) in [6.45, 7) is 13.7. The number of Topliss-reactive ketones (excluding diaryl/α,β-unsaturated/α-hetero) is 1. The van der Waals surface area contributed by atoms with Crippen molar-refractivity contribution >= 4 is 19.6 Å². The molecular weight excluding hydrogens is 381 g/mol. The zero-order chi connectivity index (χ0) is 21.6. The van der Waals surface area contributed by atoms with Gasteiger partial charge in [-0.1, -0.05) is 58.7 Å². The number of benzene rings is 1. The maximum atomic E-state index is 13.9. The van der Waals surface area contributed by atoms with E-state index in [0.29, 0.717) is 40.7 Å². The molecule has 2 rings (SSSR count). The van der Waals surface area contributed by atoms with Crippen LogP contribution in [0.1, 0.15) is 78.4 Å². The van der Waals surface area contributed by atoms with E-state index >= 15 is 0 Å². The average Bonchev–Trinajstić information content (AvgIpc) is 2.64. The van der Waals surface area contributed by atoms with Crippen LogP contribution in [0.25, 0.3) is 0 Å². The molecule has 1 aliphatic rings.